The predicted molar refractivity (Wildman–Crippen MR) is 54.3 cm³/mol. The fourth-order valence-corrected chi connectivity index (χ4v) is 1.81. The first-order valence-electron chi connectivity index (χ1n) is 5.27. The van der Waals surface area contributed by atoms with E-state index in [2.05, 4.69) is 22.4 Å². The van der Waals surface area contributed by atoms with Crippen molar-refractivity contribution in [3.8, 4) is 0 Å². The molecule has 1 aromatic heterocycles. The lowest BCUT2D eigenvalue weighted by atomic mass is 10.0. The Morgan fingerprint density at radius 2 is 2.40 bits per heavy atom. The monoisotopic (exact) mass is 211 g/mol. The molecule has 15 heavy (non-hydrogen) atoms. The zero-order valence-corrected chi connectivity index (χ0v) is 9.41. The Labute approximate surface area is 89.2 Å². The maximum atomic E-state index is 5.27. The molecule has 0 amide bonds. The number of nitrogens with zero attached hydrogens (tertiary/aromatic N) is 2. The van der Waals surface area contributed by atoms with Crippen molar-refractivity contribution < 1.29 is 9.26 Å². The summed E-state index contributed by atoms with van der Waals surface area (Å²) in [6.07, 6.45) is 2.07. The Morgan fingerprint density at radius 1 is 1.60 bits per heavy atom. The first-order valence-corrected chi connectivity index (χ1v) is 5.27. The van der Waals surface area contributed by atoms with Crippen LogP contribution in [0.4, 0.5) is 0 Å². The Morgan fingerprint density at radius 3 is 3.00 bits per heavy atom. The zero-order chi connectivity index (χ0) is 10.9. The molecule has 1 fully saturated rings. The first-order chi connectivity index (χ1) is 7.15. The van der Waals surface area contributed by atoms with Gasteiger partial charge in [-0.2, -0.15) is 4.98 Å². The number of aromatic nitrogens is 2. The van der Waals surface area contributed by atoms with Crippen LogP contribution in [0.5, 0.6) is 0 Å². The smallest absolute Gasteiger partial charge is 0.246 e. The number of methoxy groups -OCH3 is 1. The second-order valence-electron chi connectivity index (χ2n) is 4.20. The van der Waals surface area contributed by atoms with Crippen molar-refractivity contribution in [2.45, 2.75) is 38.3 Å². The van der Waals surface area contributed by atoms with Gasteiger partial charge in [-0.3, -0.25) is 0 Å². The van der Waals surface area contributed by atoms with Crippen LogP contribution < -0.4 is 5.32 Å². The van der Waals surface area contributed by atoms with Crippen LogP contribution in [0.1, 0.15) is 44.5 Å². The number of ether oxygens (including phenoxy) is 1. The Balaban J connectivity index is 2.19. The van der Waals surface area contributed by atoms with E-state index >= 15 is 0 Å². The highest BCUT2D eigenvalue weighted by Crippen LogP contribution is 2.29. The van der Waals surface area contributed by atoms with Gasteiger partial charge in [-0.25, -0.2) is 0 Å². The van der Waals surface area contributed by atoms with E-state index in [1.54, 1.807) is 7.11 Å². The second-order valence-corrected chi connectivity index (χ2v) is 4.20. The van der Waals surface area contributed by atoms with Crippen molar-refractivity contribution in [2.75, 3.05) is 13.7 Å². The van der Waals surface area contributed by atoms with Gasteiger partial charge in [0.1, 0.15) is 6.10 Å². The molecule has 0 aliphatic carbocycles. The topological polar surface area (TPSA) is 60.2 Å². The van der Waals surface area contributed by atoms with E-state index in [1.165, 1.54) is 0 Å². The van der Waals surface area contributed by atoms with Gasteiger partial charge >= 0.3 is 0 Å². The Bertz CT molecular complexity index is 331. The molecule has 1 N–H and O–H groups in total. The van der Waals surface area contributed by atoms with E-state index in [4.69, 9.17) is 9.26 Å². The molecule has 0 bridgehead atoms. The lowest BCUT2D eigenvalue weighted by Gasteiger charge is -2.18. The molecule has 1 aromatic rings. The number of nitrogens with one attached hydrogen (secondary N) is 1. The van der Waals surface area contributed by atoms with E-state index in [0.717, 1.165) is 19.4 Å². The number of hydrogen-bond donors (Lipinski definition) is 1. The van der Waals surface area contributed by atoms with Crippen LogP contribution in [0.3, 0.4) is 0 Å². The molecular formula is C10H17N3O2. The molecule has 0 spiro atoms. The van der Waals surface area contributed by atoms with Crippen molar-refractivity contribution in [2.24, 2.45) is 0 Å². The van der Waals surface area contributed by atoms with Crippen molar-refractivity contribution >= 4 is 0 Å². The van der Waals surface area contributed by atoms with Gasteiger partial charge in [0.2, 0.25) is 5.89 Å². The minimum atomic E-state index is -0.154. The van der Waals surface area contributed by atoms with Crippen molar-refractivity contribution in [3.63, 3.8) is 0 Å². The van der Waals surface area contributed by atoms with Crippen molar-refractivity contribution in [1.82, 2.24) is 15.5 Å². The summed E-state index contributed by atoms with van der Waals surface area (Å²) in [6.45, 7) is 5.00. The van der Waals surface area contributed by atoms with Gasteiger partial charge in [-0.15, -0.1) is 0 Å². The molecule has 0 saturated carbocycles. The van der Waals surface area contributed by atoms with Crippen LogP contribution >= 0.6 is 0 Å². The maximum absolute atomic E-state index is 5.27. The van der Waals surface area contributed by atoms with Gasteiger partial charge in [0.05, 0.1) is 5.54 Å². The molecule has 2 unspecified atom stereocenters. The first kappa shape index (κ1) is 10.6. The predicted octanol–water partition coefficient (Wildman–Crippen LogP) is 1.38. The van der Waals surface area contributed by atoms with Gasteiger partial charge in [0.25, 0.3) is 0 Å². The molecule has 2 rings (SSSR count). The van der Waals surface area contributed by atoms with Gasteiger partial charge < -0.3 is 14.6 Å². The molecule has 0 aromatic carbocycles. The molecule has 1 aliphatic rings. The van der Waals surface area contributed by atoms with Crippen LogP contribution in [0, 0.1) is 0 Å². The van der Waals surface area contributed by atoms with Gasteiger partial charge in [-0.05, 0) is 33.2 Å². The van der Waals surface area contributed by atoms with Crippen LogP contribution in [-0.4, -0.2) is 23.8 Å². The summed E-state index contributed by atoms with van der Waals surface area (Å²) < 4.78 is 10.4. The van der Waals surface area contributed by atoms with E-state index in [-0.39, 0.29) is 11.6 Å². The van der Waals surface area contributed by atoms with Gasteiger partial charge in [0, 0.05) is 7.11 Å². The average molecular weight is 211 g/mol. The molecule has 0 radical (unpaired) electrons. The van der Waals surface area contributed by atoms with Gasteiger partial charge in [0.15, 0.2) is 5.82 Å². The summed E-state index contributed by atoms with van der Waals surface area (Å²) in [7, 11) is 1.64. The summed E-state index contributed by atoms with van der Waals surface area (Å²) in [4.78, 5) is 4.37. The summed E-state index contributed by atoms with van der Waals surface area (Å²) in [5.41, 5.74) is -0.154. The fraction of sp³-hybridized carbons (Fsp3) is 0.800. The lowest BCUT2D eigenvalue weighted by Crippen LogP contribution is -2.33. The minimum absolute atomic E-state index is 0.118. The van der Waals surface area contributed by atoms with Crippen molar-refractivity contribution in [1.29, 1.82) is 0 Å². The Hall–Kier alpha value is -0.940. The summed E-state index contributed by atoms with van der Waals surface area (Å²) in [6, 6.07) is 0. The van der Waals surface area contributed by atoms with E-state index < -0.39 is 0 Å². The van der Waals surface area contributed by atoms with E-state index in [0.29, 0.717) is 11.7 Å². The highest BCUT2D eigenvalue weighted by molar-refractivity contribution is 5.05. The van der Waals surface area contributed by atoms with Gasteiger partial charge in [-0.1, -0.05) is 5.16 Å². The summed E-state index contributed by atoms with van der Waals surface area (Å²) in [5, 5.41) is 7.31. The standard InChI is InChI=1S/C10H17N3O2/c1-7(14-3)8-12-9(15-13-8)10(2)5-4-6-11-10/h7,11H,4-6H2,1-3H3. The minimum Gasteiger partial charge on any atom is -0.374 e. The second kappa shape index (κ2) is 3.90. The quantitative estimate of drug-likeness (QED) is 0.818. The highest BCUT2D eigenvalue weighted by Gasteiger charge is 2.36. The Kier molecular flexibility index (Phi) is 2.75. The summed E-state index contributed by atoms with van der Waals surface area (Å²) >= 11 is 0. The molecule has 5 nitrogen and oxygen atoms in total. The van der Waals surface area contributed by atoms with Crippen LogP contribution in [0.15, 0.2) is 4.52 Å². The molecule has 5 heteroatoms. The molecule has 2 heterocycles. The molecule has 1 saturated heterocycles. The lowest BCUT2D eigenvalue weighted by molar-refractivity contribution is 0.109. The third kappa shape index (κ3) is 1.89. The largest absolute Gasteiger partial charge is 0.374 e. The molecule has 84 valence electrons. The van der Waals surface area contributed by atoms with Crippen LogP contribution in [0.25, 0.3) is 0 Å². The highest BCUT2D eigenvalue weighted by atomic mass is 16.5. The number of hydrogen-bond acceptors (Lipinski definition) is 5. The molecule has 2 atom stereocenters. The average Bonchev–Trinajstić information content (AvgIpc) is 2.85. The van der Waals surface area contributed by atoms with E-state index in [9.17, 15) is 0 Å². The normalized spacial score (nSPS) is 28.2. The third-order valence-electron chi connectivity index (χ3n) is 3.00. The van der Waals surface area contributed by atoms with Crippen LogP contribution in [0.2, 0.25) is 0 Å². The fourth-order valence-electron chi connectivity index (χ4n) is 1.81. The van der Waals surface area contributed by atoms with E-state index in [1.807, 2.05) is 6.92 Å². The molecule has 1 aliphatic heterocycles. The van der Waals surface area contributed by atoms with Crippen molar-refractivity contribution in [3.05, 3.63) is 11.7 Å². The third-order valence-corrected chi connectivity index (χ3v) is 3.00. The SMILES string of the molecule is COC(C)c1noc(C2(C)CCCN2)n1. The maximum Gasteiger partial charge on any atom is 0.246 e. The number of rotatable bonds is 3. The summed E-state index contributed by atoms with van der Waals surface area (Å²) in [5.74, 6) is 1.28. The zero-order valence-electron chi connectivity index (χ0n) is 9.41. The van der Waals surface area contributed by atoms with Crippen LogP contribution in [-0.2, 0) is 10.3 Å². The molecular weight excluding hydrogens is 194 g/mol.